The van der Waals surface area contributed by atoms with Crippen LogP contribution in [0.1, 0.15) is 37.2 Å². The molecule has 1 aliphatic heterocycles. The van der Waals surface area contributed by atoms with Gasteiger partial charge >= 0.3 is 0 Å². The molecule has 0 spiro atoms. The Balaban J connectivity index is 1.37. The van der Waals surface area contributed by atoms with Gasteiger partial charge in [0.15, 0.2) is 0 Å². The van der Waals surface area contributed by atoms with Crippen LogP contribution >= 0.6 is 0 Å². The summed E-state index contributed by atoms with van der Waals surface area (Å²) >= 11 is 0. The molecule has 0 unspecified atom stereocenters. The summed E-state index contributed by atoms with van der Waals surface area (Å²) in [6.07, 6.45) is 5.30. The summed E-state index contributed by atoms with van der Waals surface area (Å²) in [5.74, 6) is 2.59. The van der Waals surface area contributed by atoms with Crippen molar-refractivity contribution in [2.45, 2.75) is 37.6 Å². The van der Waals surface area contributed by atoms with Gasteiger partial charge < -0.3 is 15.0 Å². The molecule has 116 valence electrons. The average molecular weight is 288 g/mol. The summed E-state index contributed by atoms with van der Waals surface area (Å²) in [6.45, 7) is 3.75. The SMILES string of the molecule is COc1ccc(C2CC(NCC3CCN(C)CC3)C2)cc1. The van der Waals surface area contributed by atoms with Gasteiger partial charge in [-0.3, -0.25) is 0 Å². The Morgan fingerprint density at radius 1 is 1.14 bits per heavy atom. The van der Waals surface area contributed by atoms with E-state index in [1.165, 1.54) is 50.9 Å². The van der Waals surface area contributed by atoms with Gasteiger partial charge in [0.2, 0.25) is 0 Å². The van der Waals surface area contributed by atoms with E-state index in [1.54, 1.807) is 7.11 Å². The third-order valence-electron chi connectivity index (χ3n) is 5.26. The van der Waals surface area contributed by atoms with Crippen LogP contribution in [0.15, 0.2) is 24.3 Å². The largest absolute Gasteiger partial charge is 0.497 e. The molecule has 1 aromatic rings. The minimum Gasteiger partial charge on any atom is -0.497 e. The first-order chi connectivity index (χ1) is 10.2. The van der Waals surface area contributed by atoms with Gasteiger partial charge in [-0.15, -0.1) is 0 Å². The van der Waals surface area contributed by atoms with Crippen molar-refractivity contribution in [2.24, 2.45) is 5.92 Å². The molecule has 1 saturated heterocycles. The first-order valence-electron chi connectivity index (χ1n) is 8.30. The minimum atomic E-state index is 0.733. The fourth-order valence-electron chi connectivity index (χ4n) is 3.53. The zero-order valence-corrected chi connectivity index (χ0v) is 13.3. The molecule has 3 nitrogen and oxygen atoms in total. The van der Waals surface area contributed by atoms with E-state index in [1.807, 2.05) is 0 Å². The summed E-state index contributed by atoms with van der Waals surface area (Å²) in [5, 5.41) is 3.78. The molecule has 3 heteroatoms. The van der Waals surface area contributed by atoms with E-state index in [9.17, 15) is 0 Å². The first kappa shape index (κ1) is 14.9. The topological polar surface area (TPSA) is 24.5 Å². The van der Waals surface area contributed by atoms with E-state index < -0.39 is 0 Å². The molecule has 2 aliphatic rings. The maximum atomic E-state index is 5.22. The van der Waals surface area contributed by atoms with Crippen LogP contribution in [-0.4, -0.2) is 44.7 Å². The van der Waals surface area contributed by atoms with Crippen molar-refractivity contribution in [3.63, 3.8) is 0 Å². The molecule has 0 bridgehead atoms. The van der Waals surface area contributed by atoms with E-state index in [0.717, 1.165) is 23.6 Å². The summed E-state index contributed by atoms with van der Waals surface area (Å²) in [7, 11) is 3.95. The Morgan fingerprint density at radius 2 is 1.81 bits per heavy atom. The summed E-state index contributed by atoms with van der Waals surface area (Å²) in [5.41, 5.74) is 1.47. The van der Waals surface area contributed by atoms with Crippen LogP contribution in [0.4, 0.5) is 0 Å². The number of hydrogen-bond acceptors (Lipinski definition) is 3. The Kier molecular flexibility index (Phi) is 4.81. The number of ether oxygens (including phenoxy) is 1. The normalized spacial score (nSPS) is 27.3. The van der Waals surface area contributed by atoms with Gasteiger partial charge in [0, 0.05) is 6.04 Å². The number of benzene rings is 1. The van der Waals surface area contributed by atoms with E-state index in [4.69, 9.17) is 4.74 Å². The van der Waals surface area contributed by atoms with Gasteiger partial charge in [-0.2, -0.15) is 0 Å². The Labute approximate surface area is 128 Å². The lowest BCUT2D eigenvalue weighted by molar-refractivity contribution is 0.199. The van der Waals surface area contributed by atoms with Crippen LogP contribution in [0.25, 0.3) is 0 Å². The smallest absolute Gasteiger partial charge is 0.118 e. The predicted octanol–water partition coefficient (Wildman–Crippen LogP) is 2.87. The monoisotopic (exact) mass is 288 g/mol. The minimum absolute atomic E-state index is 0.733. The van der Waals surface area contributed by atoms with Crippen molar-refractivity contribution in [3.05, 3.63) is 29.8 Å². The number of piperidine rings is 1. The highest BCUT2D eigenvalue weighted by atomic mass is 16.5. The molecule has 1 aliphatic carbocycles. The van der Waals surface area contributed by atoms with Crippen LogP contribution in [0, 0.1) is 5.92 Å². The van der Waals surface area contributed by atoms with Crippen molar-refractivity contribution >= 4 is 0 Å². The van der Waals surface area contributed by atoms with Crippen molar-refractivity contribution < 1.29 is 4.74 Å². The standard InChI is InChI=1S/C18H28N2O/c1-20-9-7-14(8-10-20)13-19-17-11-16(12-17)15-3-5-18(21-2)6-4-15/h3-6,14,16-17,19H,7-13H2,1-2H3. The molecule has 1 N–H and O–H groups in total. The lowest BCUT2D eigenvalue weighted by Gasteiger charge is -2.38. The van der Waals surface area contributed by atoms with Crippen LogP contribution < -0.4 is 10.1 Å². The Morgan fingerprint density at radius 3 is 2.43 bits per heavy atom. The number of likely N-dealkylation sites (tertiary alicyclic amines) is 1. The molecule has 1 aromatic carbocycles. The predicted molar refractivity (Wildman–Crippen MR) is 87.0 cm³/mol. The van der Waals surface area contributed by atoms with E-state index >= 15 is 0 Å². The van der Waals surface area contributed by atoms with Crippen LogP contribution in [-0.2, 0) is 0 Å². The van der Waals surface area contributed by atoms with Gasteiger partial charge in [0.05, 0.1) is 7.11 Å². The second-order valence-electron chi connectivity index (χ2n) is 6.79. The Bertz CT molecular complexity index is 431. The van der Waals surface area contributed by atoms with Crippen molar-refractivity contribution in [1.29, 1.82) is 0 Å². The number of nitrogens with one attached hydrogen (secondary N) is 1. The molecule has 21 heavy (non-hydrogen) atoms. The van der Waals surface area contributed by atoms with Crippen LogP contribution in [0.5, 0.6) is 5.75 Å². The summed E-state index contributed by atoms with van der Waals surface area (Å²) in [4.78, 5) is 2.44. The maximum absolute atomic E-state index is 5.22. The lowest BCUT2D eigenvalue weighted by Crippen LogP contribution is -2.44. The van der Waals surface area contributed by atoms with Crippen LogP contribution in [0.3, 0.4) is 0 Å². The zero-order valence-electron chi connectivity index (χ0n) is 13.3. The highest BCUT2D eigenvalue weighted by Gasteiger charge is 2.30. The summed E-state index contributed by atoms with van der Waals surface area (Å²) in [6, 6.07) is 9.33. The van der Waals surface area contributed by atoms with Gasteiger partial charge in [-0.1, -0.05) is 12.1 Å². The quantitative estimate of drug-likeness (QED) is 0.901. The fraction of sp³-hybridized carbons (Fsp3) is 0.667. The number of methoxy groups -OCH3 is 1. The Hall–Kier alpha value is -1.06. The molecule has 0 radical (unpaired) electrons. The number of nitrogens with zero attached hydrogens (tertiary/aromatic N) is 1. The van der Waals surface area contributed by atoms with Crippen molar-refractivity contribution in [3.8, 4) is 5.75 Å². The second-order valence-corrected chi connectivity index (χ2v) is 6.79. The van der Waals surface area contributed by atoms with Crippen molar-refractivity contribution in [1.82, 2.24) is 10.2 Å². The maximum Gasteiger partial charge on any atom is 0.118 e. The average Bonchev–Trinajstić information content (AvgIpc) is 2.48. The molecule has 3 rings (SSSR count). The zero-order chi connectivity index (χ0) is 14.7. The van der Waals surface area contributed by atoms with Gasteiger partial charge in [0.25, 0.3) is 0 Å². The molecular formula is C18H28N2O. The molecule has 1 heterocycles. The van der Waals surface area contributed by atoms with Crippen LogP contribution in [0.2, 0.25) is 0 Å². The highest BCUT2D eigenvalue weighted by Crippen LogP contribution is 2.37. The summed E-state index contributed by atoms with van der Waals surface area (Å²) < 4.78 is 5.22. The van der Waals surface area contributed by atoms with Gasteiger partial charge in [0.1, 0.15) is 5.75 Å². The third kappa shape index (κ3) is 3.78. The molecule has 2 fully saturated rings. The fourth-order valence-corrected chi connectivity index (χ4v) is 3.53. The number of hydrogen-bond donors (Lipinski definition) is 1. The second kappa shape index (κ2) is 6.80. The molecule has 0 aromatic heterocycles. The molecular weight excluding hydrogens is 260 g/mol. The molecule has 0 amide bonds. The van der Waals surface area contributed by atoms with E-state index in [0.29, 0.717) is 0 Å². The van der Waals surface area contributed by atoms with E-state index in [-0.39, 0.29) is 0 Å². The number of rotatable bonds is 5. The molecule has 1 saturated carbocycles. The lowest BCUT2D eigenvalue weighted by atomic mass is 9.75. The first-order valence-corrected chi connectivity index (χ1v) is 8.30. The van der Waals surface area contributed by atoms with E-state index in [2.05, 4.69) is 41.5 Å². The molecule has 0 atom stereocenters. The highest BCUT2D eigenvalue weighted by molar-refractivity contribution is 5.30. The van der Waals surface area contributed by atoms with Crippen molar-refractivity contribution in [2.75, 3.05) is 33.8 Å². The van der Waals surface area contributed by atoms with Gasteiger partial charge in [-0.25, -0.2) is 0 Å². The third-order valence-corrected chi connectivity index (χ3v) is 5.26. The van der Waals surface area contributed by atoms with Gasteiger partial charge in [-0.05, 0) is 81.9 Å².